The van der Waals surface area contributed by atoms with Crippen molar-refractivity contribution in [3.63, 3.8) is 0 Å². The summed E-state index contributed by atoms with van der Waals surface area (Å²) in [5.41, 5.74) is 3.31. The van der Waals surface area contributed by atoms with Gasteiger partial charge in [0, 0.05) is 14.1 Å². The van der Waals surface area contributed by atoms with Crippen LogP contribution in [0.1, 0.15) is 16.7 Å². The number of rotatable bonds is 1. The van der Waals surface area contributed by atoms with Crippen molar-refractivity contribution in [2.75, 3.05) is 14.1 Å². The Morgan fingerprint density at radius 2 is 1.60 bits per heavy atom. The molecule has 0 atom stereocenters. The summed E-state index contributed by atoms with van der Waals surface area (Å²) < 4.78 is 5.23. The zero-order chi connectivity index (χ0) is 11.6. The average molecular weight is 207 g/mol. The van der Waals surface area contributed by atoms with Gasteiger partial charge < -0.3 is 9.64 Å². The molecule has 0 aliphatic heterocycles. The monoisotopic (exact) mass is 207 g/mol. The first-order valence-electron chi connectivity index (χ1n) is 4.89. The lowest BCUT2D eigenvalue weighted by atomic mass is 10.1. The predicted molar refractivity (Wildman–Crippen MR) is 60.4 cm³/mol. The molecule has 0 aliphatic rings. The van der Waals surface area contributed by atoms with Crippen LogP contribution in [0.3, 0.4) is 0 Å². The molecular formula is C12H17NO2. The maximum atomic E-state index is 11.4. The first kappa shape index (κ1) is 11.6. The molecular weight excluding hydrogens is 190 g/mol. The SMILES string of the molecule is Cc1cc(C)c(OC(=O)N(C)C)cc1C. The maximum absolute atomic E-state index is 11.4. The molecule has 0 saturated heterocycles. The fourth-order valence-corrected chi connectivity index (χ4v) is 1.23. The summed E-state index contributed by atoms with van der Waals surface area (Å²) in [6, 6.07) is 3.92. The maximum Gasteiger partial charge on any atom is 0.414 e. The number of aryl methyl sites for hydroxylation is 3. The molecule has 82 valence electrons. The minimum absolute atomic E-state index is 0.346. The molecule has 0 spiro atoms. The predicted octanol–water partition coefficient (Wildman–Crippen LogP) is 2.67. The van der Waals surface area contributed by atoms with E-state index in [1.54, 1.807) is 14.1 Å². The molecule has 1 aromatic rings. The molecule has 0 heterocycles. The number of hydrogen-bond donors (Lipinski definition) is 0. The first-order chi connectivity index (χ1) is 6.91. The topological polar surface area (TPSA) is 29.5 Å². The number of ether oxygens (including phenoxy) is 1. The van der Waals surface area contributed by atoms with Gasteiger partial charge in [0.15, 0.2) is 0 Å². The number of hydrogen-bond acceptors (Lipinski definition) is 2. The molecule has 0 radical (unpaired) electrons. The Labute approximate surface area is 90.7 Å². The van der Waals surface area contributed by atoms with Crippen molar-refractivity contribution < 1.29 is 9.53 Å². The van der Waals surface area contributed by atoms with Crippen molar-refractivity contribution in [3.8, 4) is 5.75 Å². The summed E-state index contributed by atoms with van der Waals surface area (Å²) in [6.07, 6.45) is -0.346. The van der Waals surface area contributed by atoms with E-state index < -0.39 is 0 Å². The Hall–Kier alpha value is -1.51. The summed E-state index contributed by atoms with van der Waals surface area (Å²) in [5, 5.41) is 0. The Morgan fingerprint density at radius 1 is 1.07 bits per heavy atom. The van der Waals surface area contributed by atoms with Gasteiger partial charge >= 0.3 is 6.09 Å². The van der Waals surface area contributed by atoms with Gasteiger partial charge in [-0.3, -0.25) is 0 Å². The molecule has 0 fully saturated rings. The van der Waals surface area contributed by atoms with Crippen LogP contribution in [-0.4, -0.2) is 25.1 Å². The van der Waals surface area contributed by atoms with Gasteiger partial charge in [0.05, 0.1) is 0 Å². The normalized spacial score (nSPS) is 9.93. The molecule has 0 aromatic heterocycles. The van der Waals surface area contributed by atoms with E-state index in [-0.39, 0.29) is 6.09 Å². The van der Waals surface area contributed by atoms with E-state index in [9.17, 15) is 4.79 Å². The number of carbonyl (C=O) groups excluding carboxylic acids is 1. The van der Waals surface area contributed by atoms with Gasteiger partial charge in [-0.25, -0.2) is 4.79 Å². The molecule has 0 saturated carbocycles. The molecule has 0 N–H and O–H groups in total. The number of nitrogens with zero attached hydrogens (tertiary/aromatic N) is 1. The van der Waals surface area contributed by atoms with E-state index in [2.05, 4.69) is 0 Å². The van der Waals surface area contributed by atoms with E-state index in [1.165, 1.54) is 10.5 Å². The standard InChI is InChI=1S/C12H17NO2/c1-8-6-10(3)11(7-9(8)2)15-12(14)13(4)5/h6-7H,1-5H3. The molecule has 1 amide bonds. The zero-order valence-corrected chi connectivity index (χ0v) is 9.92. The van der Waals surface area contributed by atoms with Crippen LogP contribution >= 0.6 is 0 Å². The Balaban J connectivity index is 2.96. The summed E-state index contributed by atoms with van der Waals surface area (Å²) in [5.74, 6) is 0.636. The summed E-state index contributed by atoms with van der Waals surface area (Å²) >= 11 is 0. The van der Waals surface area contributed by atoms with Crippen LogP contribution in [0, 0.1) is 20.8 Å². The van der Waals surface area contributed by atoms with Crippen LogP contribution in [0.25, 0.3) is 0 Å². The molecule has 0 bridgehead atoms. The van der Waals surface area contributed by atoms with E-state index in [0.717, 1.165) is 11.1 Å². The molecule has 0 aliphatic carbocycles. The van der Waals surface area contributed by atoms with Crippen molar-refractivity contribution in [1.29, 1.82) is 0 Å². The average Bonchev–Trinajstić information content (AvgIpc) is 2.13. The number of benzene rings is 1. The van der Waals surface area contributed by atoms with Gasteiger partial charge in [-0.2, -0.15) is 0 Å². The molecule has 15 heavy (non-hydrogen) atoms. The lowest BCUT2D eigenvalue weighted by Crippen LogP contribution is -2.25. The highest BCUT2D eigenvalue weighted by Crippen LogP contribution is 2.22. The van der Waals surface area contributed by atoms with Crippen molar-refractivity contribution in [2.24, 2.45) is 0 Å². The Kier molecular flexibility index (Phi) is 3.35. The van der Waals surface area contributed by atoms with E-state index in [0.29, 0.717) is 5.75 Å². The summed E-state index contributed by atoms with van der Waals surface area (Å²) in [6.45, 7) is 5.98. The highest BCUT2D eigenvalue weighted by Gasteiger charge is 2.09. The van der Waals surface area contributed by atoms with Gasteiger partial charge in [0.2, 0.25) is 0 Å². The van der Waals surface area contributed by atoms with E-state index in [1.807, 2.05) is 32.9 Å². The van der Waals surface area contributed by atoms with Gasteiger partial charge in [0.25, 0.3) is 0 Å². The number of carbonyl (C=O) groups is 1. The highest BCUT2D eigenvalue weighted by atomic mass is 16.6. The van der Waals surface area contributed by atoms with Gasteiger partial charge in [-0.1, -0.05) is 6.07 Å². The summed E-state index contributed by atoms with van der Waals surface area (Å²) in [7, 11) is 3.33. The van der Waals surface area contributed by atoms with Gasteiger partial charge in [-0.15, -0.1) is 0 Å². The van der Waals surface area contributed by atoms with Crippen molar-refractivity contribution in [3.05, 3.63) is 28.8 Å². The second-order valence-corrected chi connectivity index (χ2v) is 3.96. The van der Waals surface area contributed by atoms with Crippen LogP contribution < -0.4 is 4.74 Å². The fraction of sp³-hybridized carbons (Fsp3) is 0.417. The second-order valence-electron chi connectivity index (χ2n) is 3.96. The minimum atomic E-state index is -0.346. The van der Waals surface area contributed by atoms with E-state index in [4.69, 9.17) is 4.74 Å². The second kappa shape index (κ2) is 4.34. The lowest BCUT2D eigenvalue weighted by molar-refractivity contribution is 0.171. The van der Waals surface area contributed by atoms with Crippen LogP contribution in [0.4, 0.5) is 4.79 Å². The van der Waals surface area contributed by atoms with Crippen LogP contribution in [0.15, 0.2) is 12.1 Å². The third kappa shape index (κ3) is 2.72. The van der Waals surface area contributed by atoms with Crippen LogP contribution in [0.5, 0.6) is 5.75 Å². The van der Waals surface area contributed by atoms with Crippen molar-refractivity contribution in [2.45, 2.75) is 20.8 Å². The van der Waals surface area contributed by atoms with Gasteiger partial charge in [-0.05, 0) is 43.5 Å². The molecule has 3 heteroatoms. The fourth-order valence-electron chi connectivity index (χ4n) is 1.23. The third-order valence-electron chi connectivity index (χ3n) is 2.35. The first-order valence-corrected chi connectivity index (χ1v) is 4.89. The Bertz CT molecular complexity index is 383. The highest BCUT2D eigenvalue weighted by molar-refractivity contribution is 5.70. The van der Waals surface area contributed by atoms with Crippen LogP contribution in [0.2, 0.25) is 0 Å². The number of amides is 1. The van der Waals surface area contributed by atoms with E-state index >= 15 is 0 Å². The quantitative estimate of drug-likeness (QED) is 0.708. The van der Waals surface area contributed by atoms with Crippen molar-refractivity contribution in [1.82, 2.24) is 4.90 Å². The van der Waals surface area contributed by atoms with Crippen molar-refractivity contribution >= 4 is 6.09 Å². The zero-order valence-electron chi connectivity index (χ0n) is 9.92. The minimum Gasteiger partial charge on any atom is -0.410 e. The molecule has 1 rings (SSSR count). The van der Waals surface area contributed by atoms with Crippen LogP contribution in [-0.2, 0) is 0 Å². The van der Waals surface area contributed by atoms with Gasteiger partial charge in [0.1, 0.15) is 5.75 Å². The molecule has 3 nitrogen and oxygen atoms in total. The largest absolute Gasteiger partial charge is 0.414 e. The molecule has 1 aromatic carbocycles. The third-order valence-corrected chi connectivity index (χ3v) is 2.35. The summed E-state index contributed by atoms with van der Waals surface area (Å²) in [4.78, 5) is 12.8. The Morgan fingerprint density at radius 3 is 2.13 bits per heavy atom. The smallest absolute Gasteiger partial charge is 0.410 e. The molecule has 0 unspecified atom stereocenters. The lowest BCUT2D eigenvalue weighted by Gasteiger charge is -2.13.